The molecule has 3 N–H and O–H groups in total. The Morgan fingerprint density at radius 1 is 1.00 bits per heavy atom. The summed E-state index contributed by atoms with van der Waals surface area (Å²) >= 11 is 0. The lowest BCUT2D eigenvalue weighted by Gasteiger charge is -2.08. The molecule has 2 aromatic rings. The largest absolute Gasteiger partial charge is 0.366 e. The normalized spacial score (nSPS) is 11.4. The molecule has 2 rings (SSSR count). The number of carbonyl (C=O) groups is 1. The van der Waals surface area contributed by atoms with Crippen LogP contribution in [0.4, 0.5) is 5.69 Å². The van der Waals surface area contributed by atoms with Crippen molar-refractivity contribution in [3.8, 4) is 0 Å². The van der Waals surface area contributed by atoms with E-state index in [1.165, 1.54) is 18.2 Å². The van der Waals surface area contributed by atoms with Crippen molar-refractivity contribution in [1.29, 1.82) is 0 Å². The van der Waals surface area contributed by atoms with Crippen LogP contribution < -0.4 is 10.5 Å². The highest BCUT2D eigenvalue weighted by Gasteiger charge is 2.12. The average Bonchev–Trinajstić information content (AvgIpc) is 2.46. The summed E-state index contributed by atoms with van der Waals surface area (Å²) in [6.45, 7) is 0. The Morgan fingerprint density at radius 2 is 1.62 bits per heavy atom. The van der Waals surface area contributed by atoms with E-state index in [2.05, 4.69) is 4.72 Å². The number of carbonyl (C=O) groups excluding carboxylic acids is 1. The van der Waals surface area contributed by atoms with Crippen molar-refractivity contribution in [1.82, 2.24) is 0 Å². The number of hydrogen-bond donors (Lipinski definition) is 2. The molecular formula is C15H14N2O3S. The summed E-state index contributed by atoms with van der Waals surface area (Å²) in [6, 6.07) is 15.2. The Morgan fingerprint density at radius 3 is 2.29 bits per heavy atom. The van der Waals surface area contributed by atoms with Gasteiger partial charge in [-0.15, -0.1) is 0 Å². The minimum Gasteiger partial charge on any atom is -0.366 e. The van der Waals surface area contributed by atoms with Gasteiger partial charge >= 0.3 is 0 Å². The second kappa shape index (κ2) is 6.23. The summed E-state index contributed by atoms with van der Waals surface area (Å²) in [5, 5.41) is 1.04. The standard InChI is InChI=1S/C15H14N2O3S/c16-15(18)13-8-4-5-9-14(13)17-21(19,20)11-10-12-6-2-1-3-7-12/h1-11,17H,(H2,16,18)/b11-10+. The van der Waals surface area contributed by atoms with Crippen LogP contribution in [-0.4, -0.2) is 14.3 Å². The van der Waals surface area contributed by atoms with Gasteiger partial charge in [-0.05, 0) is 23.8 Å². The van der Waals surface area contributed by atoms with Crippen LogP contribution in [0.15, 0.2) is 60.0 Å². The van der Waals surface area contributed by atoms with Crippen molar-refractivity contribution in [3.05, 3.63) is 71.1 Å². The highest BCUT2D eigenvalue weighted by molar-refractivity contribution is 7.95. The van der Waals surface area contributed by atoms with Gasteiger partial charge in [0.1, 0.15) is 0 Å². The van der Waals surface area contributed by atoms with Crippen LogP contribution in [0.5, 0.6) is 0 Å². The molecule has 0 aliphatic rings. The highest BCUT2D eigenvalue weighted by Crippen LogP contribution is 2.16. The van der Waals surface area contributed by atoms with Crippen molar-refractivity contribution >= 4 is 27.7 Å². The second-order valence-electron chi connectivity index (χ2n) is 4.27. The topological polar surface area (TPSA) is 89.3 Å². The van der Waals surface area contributed by atoms with Crippen molar-refractivity contribution in [2.45, 2.75) is 0 Å². The zero-order valence-corrected chi connectivity index (χ0v) is 11.9. The number of primary amides is 1. The fraction of sp³-hybridized carbons (Fsp3) is 0. The molecule has 0 saturated heterocycles. The maximum atomic E-state index is 12.0. The zero-order valence-electron chi connectivity index (χ0n) is 11.1. The molecule has 1 amide bonds. The van der Waals surface area contributed by atoms with Crippen molar-refractivity contribution < 1.29 is 13.2 Å². The SMILES string of the molecule is NC(=O)c1ccccc1NS(=O)(=O)/C=C/c1ccccc1. The molecule has 0 saturated carbocycles. The van der Waals surface area contributed by atoms with Gasteiger partial charge in [-0.3, -0.25) is 9.52 Å². The summed E-state index contributed by atoms with van der Waals surface area (Å²) in [5.41, 5.74) is 6.24. The summed E-state index contributed by atoms with van der Waals surface area (Å²) in [5.74, 6) is -0.694. The number of amides is 1. The number of anilines is 1. The number of benzene rings is 2. The van der Waals surface area contributed by atoms with Gasteiger partial charge in [-0.2, -0.15) is 0 Å². The quantitative estimate of drug-likeness (QED) is 0.887. The Labute approximate surface area is 123 Å². The number of sulfonamides is 1. The van der Waals surface area contributed by atoms with Gasteiger partial charge in [0, 0.05) is 0 Å². The average molecular weight is 302 g/mol. The fourth-order valence-electron chi connectivity index (χ4n) is 1.71. The summed E-state index contributed by atoms with van der Waals surface area (Å²) in [7, 11) is -3.73. The van der Waals surface area contributed by atoms with E-state index >= 15 is 0 Å². The van der Waals surface area contributed by atoms with Crippen LogP contribution in [0.1, 0.15) is 15.9 Å². The molecule has 5 nitrogen and oxygen atoms in total. The third kappa shape index (κ3) is 4.19. The number of rotatable bonds is 5. The van der Waals surface area contributed by atoms with E-state index in [1.807, 2.05) is 18.2 Å². The van der Waals surface area contributed by atoms with E-state index in [-0.39, 0.29) is 11.3 Å². The molecule has 108 valence electrons. The first kappa shape index (κ1) is 14.8. The molecular weight excluding hydrogens is 288 g/mol. The fourth-order valence-corrected chi connectivity index (χ4v) is 2.60. The molecule has 0 atom stereocenters. The first-order valence-corrected chi connectivity index (χ1v) is 7.67. The molecule has 0 aromatic heterocycles. The van der Waals surface area contributed by atoms with Gasteiger partial charge in [-0.1, -0.05) is 42.5 Å². The third-order valence-electron chi connectivity index (χ3n) is 2.68. The first-order chi connectivity index (χ1) is 9.98. The molecule has 0 heterocycles. The molecule has 0 radical (unpaired) electrons. The van der Waals surface area contributed by atoms with E-state index in [0.29, 0.717) is 0 Å². The molecule has 0 spiro atoms. The summed E-state index contributed by atoms with van der Waals surface area (Å²) in [4.78, 5) is 11.3. The first-order valence-electron chi connectivity index (χ1n) is 6.13. The number of para-hydroxylation sites is 1. The monoisotopic (exact) mass is 302 g/mol. The van der Waals surface area contributed by atoms with E-state index in [1.54, 1.807) is 24.3 Å². The maximum Gasteiger partial charge on any atom is 0.255 e. The molecule has 0 aliphatic carbocycles. The van der Waals surface area contributed by atoms with Gasteiger partial charge in [0.2, 0.25) is 0 Å². The second-order valence-corrected chi connectivity index (χ2v) is 5.84. The van der Waals surface area contributed by atoms with Crippen LogP contribution in [0.3, 0.4) is 0 Å². The van der Waals surface area contributed by atoms with Gasteiger partial charge in [0.05, 0.1) is 16.7 Å². The lowest BCUT2D eigenvalue weighted by Crippen LogP contribution is -2.16. The molecule has 0 unspecified atom stereocenters. The highest BCUT2D eigenvalue weighted by atomic mass is 32.2. The number of nitrogens with two attached hydrogens (primary N) is 1. The zero-order chi connectivity index (χ0) is 15.3. The Balaban J connectivity index is 2.23. The minimum atomic E-state index is -3.73. The molecule has 0 aliphatic heterocycles. The van der Waals surface area contributed by atoms with Crippen LogP contribution in [-0.2, 0) is 10.0 Å². The molecule has 2 aromatic carbocycles. The van der Waals surface area contributed by atoms with Crippen LogP contribution in [0.2, 0.25) is 0 Å². The minimum absolute atomic E-state index is 0.120. The van der Waals surface area contributed by atoms with Crippen molar-refractivity contribution in [2.24, 2.45) is 5.73 Å². The van der Waals surface area contributed by atoms with Gasteiger partial charge in [-0.25, -0.2) is 8.42 Å². The summed E-state index contributed by atoms with van der Waals surface area (Å²) in [6.07, 6.45) is 1.47. The molecule has 21 heavy (non-hydrogen) atoms. The summed E-state index contributed by atoms with van der Waals surface area (Å²) < 4.78 is 26.3. The van der Waals surface area contributed by atoms with Gasteiger partial charge in [0.25, 0.3) is 15.9 Å². The predicted molar refractivity (Wildman–Crippen MR) is 83.0 cm³/mol. The van der Waals surface area contributed by atoms with E-state index in [0.717, 1.165) is 11.0 Å². The Kier molecular flexibility index (Phi) is 4.39. The van der Waals surface area contributed by atoms with Gasteiger partial charge in [0.15, 0.2) is 0 Å². The third-order valence-corrected chi connectivity index (χ3v) is 3.68. The number of hydrogen-bond acceptors (Lipinski definition) is 3. The van der Waals surface area contributed by atoms with E-state index in [4.69, 9.17) is 5.73 Å². The lowest BCUT2D eigenvalue weighted by molar-refractivity contribution is 0.100. The van der Waals surface area contributed by atoms with Gasteiger partial charge < -0.3 is 5.73 Å². The van der Waals surface area contributed by atoms with Crippen molar-refractivity contribution in [2.75, 3.05) is 4.72 Å². The van der Waals surface area contributed by atoms with Crippen molar-refractivity contribution in [3.63, 3.8) is 0 Å². The van der Waals surface area contributed by atoms with Crippen LogP contribution >= 0.6 is 0 Å². The lowest BCUT2D eigenvalue weighted by atomic mass is 10.2. The smallest absolute Gasteiger partial charge is 0.255 e. The van der Waals surface area contributed by atoms with E-state index in [9.17, 15) is 13.2 Å². The molecule has 6 heteroatoms. The Bertz CT molecular complexity index is 769. The molecule has 0 bridgehead atoms. The Hall–Kier alpha value is -2.60. The predicted octanol–water partition coefficient (Wildman–Crippen LogP) is 2.20. The van der Waals surface area contributed by atoms with Crippen LogP contribution in [0.25, 0.3) is 6.08 Å². The van der Waals surface area contributed by atoms with Crippen LogP contribution in [0, 0.1) is 0 Å². The van der Waals surface area contributed by atoms with E-state index < -0.39 is 15.9 Å². The maximum absolute atomic E-state index is 12.0. The number of nitrogens with one attached hydrogen (secondary N) is 1. The molecule has 0 fully saturated rings.